The van der Waals surface area contributed by atoms with Gasteiger partial charge in [-0.15, -0.1) is 0 Å². The molecule has 0 spiro atoms. The standard InChI is InChI=1S/C42H71O9P/c1-3-5-7-9-11-13-15-17-19-20-21-22-24-26-28-30-32-34-42(45)51-41(39-50-52(46,47)49-37-40(44)36-43)38-48-35-33-31-29-27-25-23-18-16-14-12-10-8-6-4-2/h5-8,11-14,17-19,23,27,29,40-41,43-44H,3-4,9-10,15-16,20-22,24-26,28,30-39H2,1-2H3,(H,46,47)/b7-5-,8-6-,13-11-,14-12-,19-17-,23-18-,29-27-. The second-order valence-electron chi connectivity index (χ2n) is 12.5. The molecule has 0 aromatic carbocycles. The van der Waals surface area contributed by atoms with Crippen LogP contribution >= 0.6 is 7.82 Å². The van der Waals surface area contributed by atoms with Gasteiger partial charge in [-0.05, 0) is 77.0 Å². The first-order chi connectivity index (χ1) is 25.3. The van der Waals surface area contributed by atoms with Crippen molar-refractivity contribution in [1.29, 1.82) is 0 Å². The molecule has 0 saturated heterocycles. The molecule has 0 heterocycles. The Labute approximate surface area is 315 Å². The van der Waals surface area contributed by atoms with Crippen molar-refractivity contribution in [3.8, 4) is 0 Å². The van der Waals surface area contributed by atoms with E-state index >= 15 is 0 Å². The van der Waals surface area contributed by atoms with Gasteiger partial charge in [0.25, 0.3) is 0 Å². The zero-order valence-corrected chi connectivity index (χ0v) is 33.1. The summed E-state index contributed by atoms with van der Waals surface area (Å²) in [6.45, 7) is 3.09. The molecule has 0 aliphatic carbocycles. The number of unbranched alkanes of at least 4 members (excludes halogenated alkanes) is 8. The molecule has 0 amide bonds. The first-order valence-corrected chi connectivity index (χ1v) is 21.1. The molecule has 3 unspecified atom stereocenters. The molecule has 3 atom stereocenters. The molecule has 3 N–H and O–H groups in total. The molecule has 52 heavy (non-hydrogen) atoms. The predicted molar refractivity (Wildman–Crippen MR) is 214 cm³/mol. The normalized spacial score (nSPS) is 15.1. The summed E-state index contributed by atoms with van der Waals surface area (Å²) in [5.74, 6) is -0.416. The van der Waals surface area contributed by atoms with Crippen LogP contribution in [0, 0.1) is 0 Å². The van der Waals surface area contributed by atoms with Gasteiger partial charge in [0.1, 0.15) is 12.2 Å². The fraction of sp³-hybridized carbons (Fsp3) is 0.643. The number of rotatable bonds is 36. The Balaban J connectivity index is 4.34. The number of aliphatic hydroxyl groups excluding tert-OH is 2. The van der Waals surface area contributed by atoms with Crippen LogP contribution in [0.4, 0.5) is 0 Å². The molecule has 0 aliphatic rings. The van der Waals surface area contributed by atoms with Crippen LogP contribution < -0.4 is 0 Å². The van der Waals surface area contributed by atoms with E-state index < -0.39 is 45.8 Å². The smallest absolute Gasteiger partial charge is 0.457 e. The molecule has 0 bridgehead atoms. The van der Waals surface area contributed by atoms with Crippen molar-refractivity contribution >= 4 is 13.8 Å². The minimum Gasteiger partial charge on any atom is -0.457 e. The van der Waals surface area contributed by atoms with E-state index in [-0.39, 0.29) is 13.0 Å². The molecule has 10 heteroatoms. The van der Waals surface area contributed by atoms with Crippen molar-refractivity contribution in [3.05, 3.63) is 85.1 Å². The largest absolute Gasteiger partial charge is 0.472 e. The first kappa shape index (κ1) is 49.6. The van der Waals surface area contributed by atoms with Crippen molar-refractivity contribution < 1.29 is 43.0 Å². The summed E-state index contributed by atoms with van der Waals surface area (Å²) in [7, 11) is -4.54. The summed E-state index contributed by atoms with van der Waals surface area (Å²) in [5.41, 5.74) is 0. The first-order valence-electron chi connectivity index (χ1n) is 19.6. The molecule has 0 saturated carbocycles. The van der Waals surface area contributed by atoms with Crippen LogP contribution in [-0.2, 0) is 27.9 Å². The number of esters is 1. The SMILES string of the molecule is CC/C=C\C/C=C\C/C=C\C/C=C\CCCOCC(COP(=O)(O)OCC(O)CO)OC(=O)CCCCCCCCC/C=C\C/C=C\C/C=C\CC. The van der Waals surface area contributed by atoms with Gasteiger partial charge in [0.05, 0.1) is 26.4 Å². The van der Waals surface area contributed by atoms with Crippen molar-refractivity contribution in [1.82, 2.24) is 0 Å². The second kappa shape index (κ2) is 38.4. The Hall–Kier alpha value is -2.36. The van der Waals surface area contributed by atoms with Crippen molar-refractivity contribution in [2.45, 2.75) is 142 Å². The van der Waals surface area contributed by atoms with E-state index in [0.29, 0.717) is 13.0 Å². The Kier molecular flexibility index (Phi) is 36.6. The van der Waals surface area contributed by atoms with E-state index in [1.54, 1.807) is 0 Å². The van der Waals surface area contributed by atoms with Gasteiger partial charge in [0.15, 0.2) is 0 Å². The quantitative estimate of drug-likeness (QED) is 0.0248. The topological polar surface area (TPSA) is 132 Å². The zero-order valence-electron chi connectivity index (χ0n) is 32.2. The maximum absolute atomic E-state index is 12.6. The fourth-order valence-electron chi connectivity index (χ4n) is 4.67. The highest BCUT2D eigenvalue weighted by Gasteiger charge is 2.26. The summed E-state index contributed by atoms with van der Waals surface area (Å²) < 4.78 is 33.2. The van der Waals surface area contributed by atoms with E-state index in [9.17, 15) is 19.4 Å². The third-order valence-corrected chi connectivity index (χ3v) is 8.53. The van der Waals surface area contributed by atoms with E-state index in [0.717, 1.165) is 83.5 Å². The highest BCUT2D eigenvalue weighted by Crippen LogP contribution is 2.43. The van der Waals surface area contributed by atoms with E-state index in [1.165, 1.54) is 19.3 Å². The molecule has 0 aromatic heterocycles. The maximum atomic E-state index is 12.6. The van der Waals surface area contributed by atoms with Gasteiger partial charge in [0.2, 0.25) is 0 Å². The molecule has 0 rings (SSSR count). The Morgan fingerprint density at radius 1 is 0.596 bits per heavy atom. The monoisotopic (exact) mass is 750 g/mol. The van der Waals surface area contributed by atoms with Crippen LogP contribution in [0.25, 0.3) is 0 Å². The molecule has 298 valence electrons. The second-order valence-corrected chi connectivity index (χ2v) is 14.0. The van der Waals surface area contributed by atoms with Crippen molar-refractivity contribution in [2.75, 3.05) is 33.0 Å². The number of aliphatic hydroxyl groups is 2. The molecular weight excluding hydrogens is 679 g/mol. The fourth-order valence-corrected chi connectivity index (χ4v) is 5.46. The average Bonchev–Trinajstić information content (AvgIpc) is 3.13. The van der Waals surface area contributed by atoms with Gasteiger partial charge in [-0.3, -0.25) is 13.8 Å². The molecule has 0 radical (unpaired) electrons. The number of phosphoric acid groups is 1. The van der Waals surface area contributed by atoms with E-state index in [4.69, 9.17) is 23.6 Å². The summed E-state index contributed by atoms with van der Waals surface area (Å²) in [5, 5.41) is 18.3. The third-order valence-electron chi connectivity index (χ3n) is 7.58. The number of ether oxygens (including phenoxy) is 2. The minimum atomic E-state index is -4.54. The van der Waals surface area contributed by atoms with Gasteiger partial charge in [-0.25, -0.2) is 4.57 Å². The van der Waals surface area contributed by atoms with Crippen molar-refractivity contribution in [2.24, 2.45) is 0 Å². The van der Waals surface area contributed by atoms with Crippen LogP contribution in [0.2, 0.25) is 0 Å². The van der Waals surface area contributed by atoms with E-state index in [1.807, 2.05) is 0 Å². The zero-order chi connectivity index (χ0) is 38.2. The van der Waals surface area contributed by atoms with Crippen LogP contribution in [0.5, 0.6) is 0 Å². The highest BCUT2D eigenvalue weighted by molar-refractivity contribution is 7.47. The number of carbonyl (C=O) groups excluding carboxylic acids is 1. The number of hydrogen-bond acceptors (Lipinski definition) is 8. The maximum Gasteiger partial charge on any atom is 0.472 e. The van der Waals surface area contributed by atoms with Gasteiger partial charge in [-0.1, -0.05) is 131 Å². The number of carbonyl (C=O) groups is 1. The van der Waals surface area contributed by atoms with Crippen LogP contribution in [0.15, 0.2) is 85.1 Å². The van der Waals surface area contributed by atoms with Gasteiger partial charge in [-0.2, -0.15) is 0 Å². The van der Waals surface area contributed by atoms with Crippen LogP contribution in [0.1, 0.15) is 129 Å². The van der Waals surface area contributed by atoms with Crippen LogP contribution in [0.3, 0.4) is 0 Å². The number of allylic oxidation sites excluding steroid dienone is 14. The minimum absolute atomic E-state index is 0.00173. The molecule has 0 aromatic rings. The lowest BCUT2D eigenvalue weighted by atomic mass is 10.1. The third kappa shape index (κ3) is 37.4. The van der Waals surface area contributed by atoms with Gasteiger partial charge in [0, 0.05) is 13.0 Å². The molecule has 0 aliphatic heterocycles. The van der Waals surface area contributed by atoms with E-state index in [2.05, 4.69) is 98.9 Å². The van der Waals surface area contributed by atoms with Crippen LogP contribution in [-0.4, -0.2) is 66.3 Å². The Morgan fingerprint density at radius 2 is 1.04 bits per heavy atom. The summed E-state index contributed by atoms with van der Waals surface area (Å²) in [6.07, 6.45) is 45.5. The number of phosphoric ester groups is 1. The number of hydrogen-bond donors (Lipinski definition) is 3. The lowest BCUT2D eigenvalue weighted by molar-refractivity contribution is -0.154. The van der Waals surface area contributed by atoms with Crippen molar-refractivity contribution in [3.63, 3.8) is 0 Å². The van der Waals surface area contributed by atoms with Gasteiger partial charge < -0.3 is 24.6 Å². The Bertz CT molecular complexity index is 1080. The summed E-state index contributed by atoms with van der Waals surface area (Å²) in [4.78, 5) is 22.5. The average molecular weight is 751 g/mol. The lowest BCUT2D eigenvalue weighted by Gasteiger charge is -2.20. The predicted octanol–water partition coefficient (Wildman–Crippen LogP) is 10.4. The lowest BCUT2D eigenvalue weighted by Crippen LogP contribution is -2.29. The Morgan fingerprint density at radius 3 is 1.56 bits per heavy atom. The molecular formula is C42H71O9P. The summed E-state index contributed by atoms with van der Waals surface area (Å²) >= 11 is 0. The summed E-state index contributed by atoms with van der Waals surface area (Å²) in [6, 6.07) is 0. The molecule has 0 fully saturated rings. The highest BCUT2D eigenvalue weighted by atomic mass is 31.2. The van der Waals surface area contributed by atoms with Gasteiger partial charge >= 0.3 is 13.8 Å². The molecule has 9 nitrogen and oxygen atoms in total.